The third kappa shape index (κ3) is 4.32. The van der Waals surface area contributed by atoms with Gasteiger partial charge in [-0.1, -0.05) is 13.0 Å². The Hall–Kier alpha value is -1.73. The van der Waals surface area contributed by atoms with Gasteiger partial charge in [-0.2, -0.15) is 0 Å². The Morgan fingerprint density at radius 2 is 2.23 bits per heavy atom. The first kappa shape index (κ1) is 19.0. The quantitative estimate of drug-likeness (QED) is 0.444. The van der Waals surface area contributed by atoms with Crippen LogP contribution >= 0.6 is 8.25 Å². The predicted molar refractivity (Wildman–Crippen MR) is 98.8 cm³/mol. The van der Waals surface area contributed by atoms with Gasteiger partial charge < -0.3 is 19.3 Å². The topological polar surface area (TPSA) is 94.0 Å². The monoisotopic (exact) mass is 381 g/mol. The van der Waals surface area contributed by atoms with Crippen molar-refractivity contribution in [2.75, 3.05) is 38.5 Å². The summed E-state index contributed by atoms with van der Waals surface area (Å²) in [4.78, 5) is 19.8. The number of para-hydroxylation sites is 1. The molecule has 1 unspecified atom stereocenters. The van der Waals surface area contributed by atoms with Gasteiger partial charge in [0.15, 0.2) is 6.79 Å². The first-order valence-electron chi connectivity index (χ1n) is 8.48. The fourth-order valence-corrected chi connectivity index (χ4v) is 3.64. The van der Waals surface area contributed by atoms with Crippen LogP contribution in [0.1, 0.15) is 19.8 Å². The van der Waals surface area contributed by atoms with Gasteiger partial charge in [-0.3, -0.25) is 9.09 Å². The van der Waals surface area contributed by atoms with Gasteiger partial charge in [-0.15, -0.1) is 0 Å². The average molecular weight is 381 g/mol. The maximum absolute atomic E-state index is 10.6. The number of ether oxygens (including phenoxy) is 2. The molecule has 8 nitrogen and oxygen atoms in total. The third-order valence-electron chi connectivity index (χ3n) is 4.62. The molecule has 0 radical (unpaired) electrons. The number of nitrogens with zero attached hydrogens (tertiary/aromatic N) is 3. The number of hydrogen-bond acceptors (Lipinski definition) is 7. The maximum atomic E-state index is 10.6. The van der Waals surface area contributed by atoms with E-state index in [1.54, 1.807) is 13.4 Å². The van der Waals surface area contributed by atoms with Crippen molar-refractivity contribution in [1.29, 1.82) is 0 Å². The lowest BCUT2D eigenvalue weighted by atomic mass is 9.82. The molecule has 9 heteroatoms. The highest BCUT2D eigenvalue weighted by Gasteiger charge is 2.32. The van der Waals surface area contributed by atoms with E-state index in [1.165, 1.54) is 0 Å². The number of anilines is 1. The van der Waals surface area contributed by atoms with E-state index in [0.717, 1.165) is 48.4 Å². The van der Waals surface area contributed by atoms with Crippen LogP contribution in [0.15, 0.2) is 24.5 Å². The SMILES string of the molecule is COc1cccc2c(N3CCC[C@@](C)(COCO[PH](=O)O)C3)ncnc12. The molecule has 0 bridgehead atoms. The molecule has 26 heavy (non-hydrogen) atoms. The van der Waals surface area contributed by atoms with Gasteiger partial charge in [-0.25, -0.2) is 9.97 Å². The standard InChI is InChI=1S/C17H24N3O5P/c1-17(10-24-12-25-26(21)22)7-4-8-20(9-17)16-13-5-3-6-14(23-2)15(13)18-11-19-16/h3,5-6,11,26H,4,7-10,12H2,1-2H3,(H,21,22)/t17-/m1/s1. The van der Waals surface area contributed by atoms with E-state index in [4.69, 9.17) is 14.4 Å². The zero-order valence-corrected chi connectivity index (χ0v) is 16.0. The van der Waals surface area contributed by atoms with Crippen LogP contribution in [0.2, 0.25) is 0 Å². The molecular formula is C17H24N3O5P. The Kier molecular flexibility index (Phi) is 6.09. The van der Waals surface area contributed by atoms with Crippen LogP contribution < -0.4 is 9.64 Å². The zero-order chi connectivity index (χ0) is 18.6. The van der Waals surface area contributed by atoms with Crippen LogP contribution in [-0.4, -0.2) is 48.5 Å². The second kappa shape index (κ2) is 8.31. The molecule has 2 aromatic rings. The van der Waals surface area contributed by atoms with E-state index < -0.39 is 8.25 Å². The second-order valence-corrected chi connectivity index (χ2v) is 7.59. The summed E-state index contributed by atoms with van der Waals surface area (Å²) in [6.07, 6.45) is 3.58. The molecule has 1 fully saturated rings. The summed E-state index contributed by atoms with van der Waals surface area (Å²) in [6.45, 7) is 4.10. The largest absolute Gasteiger partial charge is 0.494 e. The lowest BCUT2D eigenvalue weighted by molar-refractivity contribution is -0.0310. The minimum absolute atomic E-state index is 0.0943. The van der Waals surface area contributed by atoms with Crippen LogP contribution in [0.5, 0.6) is 5.75 Å². The lowest BCUT2D eigenvalue weighted by Gasteiger charge is -2.41. The van der Waals surface area contributed by atoms with E-state index in [2.05, 4.69) is 26.3 Å². The fourth-order valence-electron chi connectivity index (χ4n) is 3.46. The van der Waals surface area contributed by atoms with Crippen LogP contribution in [0, 0.1) is 5.41 Å². The van der Waals surface area contributed by atoms with Gasteiger partial charge in [-0.05, 0) is 25.0 Å². The molecule has 2 atom stereocenters. The summed E-state index contributed by atoms with van der Waals surface area (Å²) in [5, 5.41) is 0.958. The molecule has 1 N–H and O–H groups in total. The number of piperidine rings is 1. The Bertz CT molecular complexity index is 790. The summed E-state index contributed by atoms with van der Waals surface area (Å²) in [6, 6.07) is 5.83. The van der Waals surface area contributed by atoms with E-state index in [9.17, 15) is 4.57 Å². The molecule has 2 heterocycles. The summed E-state index contributed by atoms with van der Waals surface area (Å²) >= 11 is 0. The first-order valence-corrected chi connectivity index (χ1v) is 9.75. The number of aromatic nitrogens is 2. The number of methoxy groups -OCH3 is 1. The minimum atomic E-state index is -2.95. The number of hydrogen-bond donors (Lipinski definition) is 1. The van der Waals surface area contributed by atoms with Gasteiger partial charge >= 0.3 is 8.25 Å². The van der Waals surface area contributed by atoms with Crippen LogP contribution in [0.4, 0.5) is 5.82 Å². The molecule has 1 aromatic carbocycles. The second-order valence-electron chi connectivity index (χ2n) is 6.77. The van der Waals surface area contributed by atoms with Crippen molar-refractivity contribution in [3.63, 3.8) is 0 Å². The van der Waals surface area contributed by atoms with Crippen LogP contribution in [0.3, 0.4) is 0 Å². The van der Waals surface area contributed by atoms with Crippen molar-refractivity contribution >= 4 is 25.0 Å². The van der Waals surface area contributed by atoms with Crippen molar-refractivity contribution in [2.24, 2.45) is 5.41 Å². The molecule has 0 saturated carbocycles. The van der Waals surface area contributed by atoms with Crippen LogP contribution in [-0.2, 0) is 13.8 Å². The summed E-state index contributed by atoms with van der Waals surface area (Å²) in [7, 11) is -1.32. The molecule has 1 aliphatic rings. The molecule has 0 amide bonds. The number of benzene rings is 1. The van der Waals surface area contributed by atoms with Gasteiger partial charge in [0.05, 0.1) is 13.7 Å². The third-order valence-corrected chi connectivity index (χ3v) is 4.99. The van der Waals surface area contributed by atoms with E-state index in [-0.39, 0.29) is 12.2 Å². The molecule has 1 aliphatic heterocycles. The first-order chi connectivity index (χ1) is 12.5. The number of rotatable bonds is 7. The molecule has 142 valence electrons. The maximum Gasteiger partial charge on any atom is 0.318 e. The summed E-state index contributed by atoms with van der Waals surface area (Å²) < 4.78 is 26.1. The van der Waals surface area contributed by atoms with Gasteiger partial charge in [0.1, 0.15) is 23.4 Å². The van der Waals surface area contributed by atoms with Crippen LogP contribution in [0.25, 0.3) is 10.9 Å². The Labute approximate surface area is 153 Å². The molecular weight excluding hydrogens is 357 g/mol. The van der Waals surface area contributed by atoms with E-state index >= 15 is 0 Å². The molecule has 0 aliphatic carbocycles. The van der Waals surface area contributed by atoms with Crippen molar-refractivity contribution in [2.45, 2.75) is 19.8 Å². The highest BCUT2D eigenvalue weighted by Crippen LogP contribution is 2.35. The fraction of sp³-hybridized carbons (Fsp3) is 0.529. The molecule has 1 saturated heterocycles. The van der Waals surface area contributed by atoms with E-state index in [0.29, 0.717) is 6.61 Å². The smallest absolute Gasteiger partial charge is 0.318 e. The van der Waals surface area contributed by atoms with Crippen molar-refractivity contribution in [3.8, 4) is 5.75 Å². The Balaban J connectivity index is 1.77. The van der Waals surface area contributed by atoms with Crippen molar-refractivity contribution in [1.82, 2.24) is 9.97 Å². The molecule has 0 spiro atoms. The Morgan fingerprint density at radius 3 is 3.00 bits per heavy atom. The molecule has 3 rings (SSSR count). The van der Waals surface area contributed by atoms with Gasteiger partial charge in [0.2, 0.25) is 0 Å². The summed E-state index contributed by atoms with van der Waals surface area (Å²) in [5.74, 6) is 1.61. The predicted octanol–water partition coefficient (Wildman–Crippen LogP) is 2.62. The summed E-state index contributed by atoms with van der Waals surface area (Å²) in [5.41, 5.74) is 0.702. The normalized spacial score (nSPS) is 21.7. The van der Waals surface area contributed by atoms with Crippen molar-refractivity contribution in [3.05, 3.63) is 24.5 Å². The average Bonchev–Trinajstić information content (AvgIpc) is 2.64. The van der Waals surface area contributed by atoms with Gasteiger partial charge in [0, 0.05) is 23.9 Å². The van der Waals surface area contributed by atoms with E-state index in [1.807, 2.05) is 18.2 Å². The minimum Gasteiger partial charge on any atom is -0.494 e. The highest BCUT2D eigenvalue weighted by atomic mass is 31.1. The molecule has 1 aromatic heterocycles. The van der Waals surface area contributed by atoms with Gasteiger partial charge in [0.25, 0.3) is 0 Å². The lowest BCUT2D eigenvalue weighted by Crippen LogP contribution is -2.44. The van der Waals surface area contributed by atoms with Crippen molar-refractivity contribution < 1.29 is 23.5 Å². The Morgan fingerprint density at radius 1 is 1.38 bits per heavy atom. The highest BCUT2D eigenvalue weighted by molar-refractivity contribution is 7.32. The number of fused-ring (bicyclic) bond motifs is 1. The zero-order valence-electron chi connectivity index (χ0n) is 15.0.